The number of pyridine rings is 1. The number of amides is 1. The number of alkyl halides is 3. The third kappa shape index (κ3) is 5.35. The number of carbonyl (C=O) groups excluding carboxylic acids is 1. The van der Waals surface area contributed by atoms with Gasteiger partial charge in [0, 0.05) is 28.4 Å². The van der Waals surface area contributed by atoms with Crippen molar-refractivity contribution in [1.82, 2.24) is 9.97 Å². The topological polar surface area (TPSA) is 95.1 Å². The number of benzene rings is 1. The van der Waals surface area contributed by atoms with E-state index in [9.17, 15) is 18.0 Å². The summed E-state index contributed by atoms with van der Waals surface area (Å²) >= 11 is 6.19. The molecule has 2 heterocycles. The molecule has 1 aromatic carbocycles. The molecule has 150 valence electrons. The summed E-state index contributed by atoms with van der Waals surface area (Å²) in [4.78, 5) is 28.3. The Balaban J connectivity index is 0.000000345. The van der Waals surface area contributed by atoms with E-state index >= 15 is 0 Å². The van der Waals surface area contributed by atoms with E-state index in [2.05, 4.69) is 15.3 Å². The average Bonchev–Trinajstić information content (AvgIpc) is 2.92. The minimum Gasteiger partial charge on any atom is -0.475 e. The molecule has 1 amide bonds. The number of carbonyl (C=O) groups is 2. The van der Waals surface area contributed by atoms with E-state index in [1.165, 1.54) is 0 Å². The first kappa shape index (κ1) is 21.5. The highest BCUT2D eigenvalue weighted by Crippen LogP contribution is 2.33. The number of hydrogen-bond donors (Lipinski definition) is 3. The van der Waals surface area contributed by atoms with Crippen molar-refractivity contribution >= 4 is 51.0 Å². The van der Waals surface area contributed by atoms with Crippen molar-refractivity contribution in [3.63, 3.8) is 0 Å². The summed E-state index contributed by atoms with van der Waals surface area (Å²) in [6, 6.07) is 5.60. The maximum atomic E-state index is 12.0. The molecule has 0 fully saturated rings. The summed E-state index contributed by atoms with van der Waals surface area (Å²) in [5, 5.41) is 12.7. The predicted octanol–water partition coefficient (Wildman–Crippen LogP) is 4.99. The number of hydrogen-bond acceptors (Lipinski definition) is 3. The van der Waals surface area contributed by atoms with Crippen LogP contribution in [-0.4, -0.2) is 33.1 Å². The van der Waals surface area contributed by atoms with Gasteiger partial charge in [0.15, 0.2) is 0 Å². The number of aliphatic carboxylic acids is 1. The van der Waals surface area contributed by atoms with Crippen LogP contribution in [0.15, 0.2) is 30.6 Å². The number of fused-ring (bicyclic) bond motifs is 3. The highest BCUT2D eigenvalue weighted by Gasteiger charge is 2.38. The molecule has 0 unspecified atom stereocenters. The monoisotopic (exact) mass is 415 g/mol. The highest BCUT2D eigenvalue weighted by molar-refractivity contribution is 6.32. The number of aromatic nitrogens is 2. The first-order chi connectivity index (χ1) is 13.0. The molecule has 28 heavy (non-hydrogen) atoms. The van der Waals surface area contributed by atoms with E-state index in [0.29, 0.717) is 23.0 Å². The molecule has 0 saturated carbocycles. The number of aromatic amines is 1. The van der Waals surface area contributed by atoms with Gasteiger partial charge in [0.2, 0.25) is 5.91 Å². The molecule has 3 rings (SSSR count). The van der Waals surface area contributed by atoms with Crippen molar-refractivity contribution < 1.29 is 27.9 Å². The Morgan fingerprint density at radius 3 is 2.50 bits per heavy atom. The van der Waals surface area contributed by atoms with Gasteiger partial charge in [-0.05, 0) is 24.1 Å². The Kier molecular flexibility index (Phi) is 6.50. The number of carboxylic acid groups (broad SMARTS) is 1. The number of nitrogens with one attached hydrogen (secondary N) is 2. The minimum atomic E-state index is -5.08. The van der Waals surface area contributed by atoms with Gasteiger partial charge < -0.3 is 15.4 Å². The average molecular weight is 416 g/mol. The molecule has 2 aromatic heterocycles. The first-order valence-corrected chi connectivity index (χ1v) is 8.51. The normalized spacial score (nSPS) is 11.4. The molecule has 3 N–H and O–H groups in total. The van der Waals surface area contributed by atoms with Crippen LogP contribution in [0.25, 0.3) is 21.8 Å². The smallest absolute Gasteiger partial charge is 0.475 e. The lowest BCUT2D eigenvalue weighted by atomic mass is 10.1. The van der Waals surface area contributed by atoms with Gasteiger partial charge in [0.25, 0.3) is 0 Å². The molecule has 3 aromatic rings. The van der Waals surface area contributed by atoms with Crippen LogP contribution in [0.5, 0.6) is 0 Å². The molecule has 0 aliphatic rings. The van der Waals surface area contributed by atoms with Crippen molar-refractivity contribution in [2.45, 2.75) is 26.4 Å². The zero-order valence-electron chi connectivity index (χ0n) is 14.9. The van der Waals surface area contributed by atoms with Gasteiger partial charge in [-0.3, -0.25) is 9.78 Å². The van der Waals surface area contributed by atoms with Gasteiger partial charge in [-0.25, -0.2) is 4.79 Å². The zero-order chi connectivity index (χ0) is 21.1. The van der Waals surface area contributed by atoms with Crippen LogP contribution in [0.2, 0.25) is 5.02 Å². The predicted molar refractivity (Wildman–Crippen MR) is 100 cm³/mol. The maximum absolute atomic E-state index is 12.0. The fourth-order valence-corrected chi connectivity index (χ4v) is 2.71. The Morgan fingerprint density at radius 2 is 1.93 bits per heavy atom. The molecule has 0 atom stereocenters. The standard InChI is InChI=1S/C16H16ClN3O.C2HF3O2/c1-9(2)5-15(21)19-13-7-10(17)6-12-11-3-4-18-8-14(11)20-16(12)13;3-2(4,5)1(6)7/h3-4,6-9,20H,5H2,1-2H3,(H,19,21);(H,6,7). The summed E-state index contributed by atoms with van der Waals surface area (Å²) in [6.45, 7) is 4.03. The van der Waals surface area contributed by atoms with E-state index in [-0.39, 0.29) is 5.91 Å². The zero-order valence-corrected chi connectivity index (χ0v) is 15.6. The second-order valence-corrected chi connectivity index (χ2v) is 6.81. The third-order valence-electron chi connectivity index (χ3n) is 3.58. The van der Waals surface area contributed by atoms with E-state index in [0.717, 1.165) is 21.8 Å². The SMILES string of the molecule is CC(C)CC(=O)Nc1cc(Cl)cc2c1[nH]c1cnccc12.O=C(O)C(F)(F)F. The molecule has 10 heteroatoms. The van der Waals surface area contributed by atoms with Crippen molar-refractivity contribution in [2.75, 3.05) is 5.32 Å². The van der Waals surface area contributed by atoms with Gasteiger partial charge in [0.1, 0.15) is 0 Å². The molecule has 0 radical (unpaired) electrons. The van der Waals surface area contributed by atoms with E-state index in [1.807, 2.05) is 26.0 Å². The van der Waals surface area contributed by atoms with Gasteiger partial charge in [-0.1, -0.05) is 25.4 Å². The Morgan fingerprint density at radius 1 is 1.29 bits per heavy atom. The molecule has 0 aliphatic heterocycles. The number of rotatable bonds is 3. The third-order valence-corrected chi connectivity index (χ3v) is 3.80. The van der Waals surface area contributed by atoms with Crippen LogP contribution in [0.4, 0.5) is 18.9 Å². The van der Waals surface area contributed by atoms with E-state index in [1.54, 1.807) is 18.5 Å². The van der Waals surface area contributed by atoms with Crippen LogP contribution in [0.3, 0.4) is 0 Å². The van der Waals surface area contributed by atoms with Gasteiger partial charge in [-0.2, -0.15) is 13.2 Å². The molecule has 0 saturated heterocycles. The number of carboxylic acids is 1. The summed E-state index contributed by atoms with van der Waals surface area (Å²) in [7, 11) is 0. The molecule has 6 nitrogen and oxygen atoms in total. The quantitative estimate of drug-likeness (QED) is 0.561. The number of nitrogens with zero attached hydrogens (tertiary/aromatic N) is 1. The minimum absolute atomic E-state index is 0.00894. The summed E-state index contributed by atoms with van der Waals surface area (Å²) in [5.74, 6) is -2.45. The largest absolute Gasteiger partial charge is 0.490 e. The lowest BCUT2D eigenvalue weighted by molar-refractivity contribution is -0.192. The Hall–Kier alpha value is -2.81. The van der Waals surface area contributed by atoms with Gasteiger partial charge in [0.05, 0.1) is 22.9 Å². The lowest BCUT2D eigenvalue weighted by Gasteiger charge is -2.09. The van der Waals surface area contributed by atoms with Crippen LogP contribution >= 0.6 is 11.6 Å². The van der Waals surface area contributed by atoms with E-state index < -0.39 is 12.1 Å². The van der Waals surface area contributed by atoms with E-state index in [4.69, 9.17) is 21.5 Å². The molecule has 0 spiro atoms. The second-order valence-electron chi connectivity index (χ2n) is 6.37. The van der Waals surface area contributed by atoms with Gasteiger partial charge >= 0.3 is 12.1 Å². The van der Waals surface area contributed by atoms with Crippen LogP contribution < -0.4 is 5.32 Å². The molecule has 0 bridgehead atoms. The van der Waals surface area contributed by atoms with Crippen LogP contribution in [0, 0.1) is 5.92 Å². The fraction of sp³-hybridized carbons (Fsp3) is 0.278. The second kappa shape index (κ2) is 8.47. The fourth-order valence-electron chi connectivity index (χ4n) is 2.49. The molecular formula is C18H17ClF3N3O3. The maximum Gasteiger partial charge on any atom is 0.490 e. The van der Waals surface area contributed by atoms with Crippen LogP contribution in [0.1, 0.15) is 20.3 Å². The molecular weight excluding hydrogens is 399 g/mol. The van der Waals surface area contributed by atoms with Crippen LogP contribution in [-0.2, 0) is 9.59 Å². The first-order valence-electron chi connectivity index (χ1n) is 8.14. The Labute approximate surface area is 162 Å². The lowest BCUT2D eigenvalue weighted by Crippen LogP contribution is -2.21. The van der Waals surface area contributed by atoms with Crippen molar-refractivity contribution in [3.8, 4) is 0 Å². The summed E-state index contributed by atoms with van der Waals surface area (Å²) in [6.07, 6.45) is -1.09. The summed E-state index contributed by atoms with van der Waals surface area (Å²) < 4.78 is 31.7. The highest BCUT2D eigenvalue weighted by atomic mass is 35.5. The van der Waals surface area contributed by atoms with Gasteiger partial charge in [-0.15, -0.1) is 0 Å². The number of anilines is 1. The number of H-pyrrole nitrogens is 1. The summed E-state index contributed by atoms with van der Waals surface area (Å²) in [5.41, 5.74) is 2.51. The van der Waals surface area contributed by atoms with Crippen molar-refractivity contribution in [3.05, 3.63) is 35.6 Å². The number of halogens is 4. The molecule has 0 aliphatic carbocycles. The van der Waals surface area contributed by atoms with Crippen molar-refractivity contribution in [1.29, 1.82) is 0 Å². The van der Waals surface area contributed by atoms with Crippen molar-refractivity contribution in [2.24, 2.45) is 5.92 Å². The Bertz CT molecular complexity index is 1020.